The van der Waals surface area contributed by atoms with Crippen LogP contribution in [-0.2, 0) is 0 Å². The van der Waals surface area contributed by atoms with Crippen molar-refractivity contribution in [3.05, 3.63) is 133 Å². The number of fused-ring (bicyclic) bond motifs is 3. The Morgan fingerprint density at radius 1 is 0.639 bits per heavy atom. The van der Waals surface area contributed by atoms with Crippen LogP contribution in [-0.4, -0.2) is 9.55 Å². The summed E-state index contributed by atoms with van der Waals surface area (Å²) in [5.41, 5.74) is 1.57. The van der Waals surface area contributed by atoms with Gasteiger partial charge in [0.1, 0.15) is 5.82 Å². The molecule has 0 radical (unpaired) electrons. The zero-order valence-corrected chi connectivity index (χ0v) is 18.7. The van der Waals surface area contributed by atoms with Crippen molar-refractivity contribution in [1.82, 2.24) is 9.55 Å². The molecule has 0 N–H and O–H groups in total. The van der Waals surface area contributed by atoms with Crippen molar-refractivity contribution >= 4 is 32.6 Å². The summed E-state index contributed by atoms with van der Waals surface area (Å²) >= 11 is 0. The topological polar surface area (TPSA) is 17.8 Å². The van der Waals surface area contributed by atoms with E-state index in [9.17, 15) is 0 Å². The minimum atomic E-state index is -2.66. The number of hydrogen-bond donors (Lipinski definition) is 0. The third-order valence-corrected chi connectivity index (χ3v) is 6.32. The fourth-order valence-corrected chi connectivity index (χ4v) is 4.84. The van der Waals surface area contributed by atoms with Crippen LogP contribution in [0.25, 0.3) is 60.5 Å². The first kappa shape index (κ1) is 11.4. The molecule has 0 amide bonds. The summed E-state index contributed by atoms with van der Waals surface area (Å²) in [4.78, 5) is 4.49. The molecule has 0 spiro atoms. The van der Waals surface area contributed by atoms with Crippen molar-refractivity contribution < 1.29 is 17.8 Å². The van der Waals surface area contributed by atoms with Gasteiger partial charge in [-0.25, -0.2) is 4.98 Å². The molecule has 7 aromatic rings. The molecule has 2 heteroatoms. The summed E-state index contributed by atoms with van der Waals surface area (Å²) < 4.78 is 112. The molecule has 0 atom stereocenters. The predicted octanol–water partition coefficient (Wildman–Crippen LogP) is 8.97. The minimum absolute atomic E-state index is 0.0918. The lowest BCUT2D eigenvalue weighted by molar-refractivity contribution is 1.02. The molecule has 1 heterocycles. The average Bonchev–Trinajstić information content (AvgIpc) is 3.48. The number of hydrogen-bond acceptors (Lipinski definition) is 1. The molecule has 0 saturated heterocycles. The van der Waals surface area contributed by atoms with Crippen LogP contribution in [0, 0.1) is 6.85 Å². The van der Waals surface area contributed by atoms with Gasteiger partial charge in [-0.05, 0) is 58.1 Å². The minimum Gasteiger partial charge on any atom is -0.295 e. The second-order valence-corrected chi connectivity index (χ2v) is 8.29. The smallest absolute Gasteiger partial charge is 0.111 e. The lowest BCUT2D eigenvalue weighted by Crippen LogP contribution is -2.01. The van der Waals surface area contributed by atoms with Gasteiger partial charge in [0.25, 0.3) is 0 Å². The van der Waals surface area contributed by atoms with Crippen LogP contribution in [0.5, 0.6) is 0 Å². The number of rotatable bonds is 3. The maximum absolute atomic E-state index is 8.91. The monoisotopic (exact) mass is 473 g/mol. The van der Waals surface area contributed by atoms with Gasteiger partial charge in [-0.2, -0.15) is 0 Å². The molecule has 0 fully saturated rings. The fraction of sp³-hybridized carbons (Fsp3) is 0.0294. The molecule has 0 aliphatic rings. The van der Waals surface area contributed by atoms with Gasteiger partial charge in [0.2, 0.25) is 0 Å². The van der Waals surface area contributed by atoms with Gasteiger partial charge in [0, 0.05) is 14.9 Å². The third-order valence-electron chi connectivity index (χ3n) is 6.32. The van der Waals surface area contributed by atoms with Crippen molar-refractivity contribution in [1.29, 1.82) is 0 Å². The molecule has 36 heavy (non-hydrogen) atoms. The van der Waals surface area contributed by atoms with E-state index >= 15 is 0 Å². The van der Waals surface area contributed by atoms with E-state index < -0.39 is 67.3 Å². The van der Waals surface area contributed by atoms with Crippen molar-refractivity contribution in [3.63, 3.8) is 0 Å². The van der Waals surface area contributed by atoms with Gasteiger partial charge in [0.05, 0.1) is 30.4 Å². The number of aryl methyl sites for hydroxylation is 1. The highest BCUT2D eigenvalue weighted by Gasteiger charge is 2.20. The van der Waals surface area contributed by atoms with E-state index in [1.165, 1.54) is 0 Å². The van der Waals surface area contributed by atoms with Gasteiger partial charge in [-0.15, -0.1) is 0 Å². The molecule has 0 aliphatic carbocycles. The highest BCUT2D eigenvalue weighted by atomic mass is 15.1. The Labute approximate surface area is 228 Å². The van der Waals surface area contributed by atoms with Crippen LogP contribution in [0.3, 0.4) is 0 Å². The van der Waals surface area contributed by atoms with Gasteiger partial charge < -0.3 is 0 Å². The van der Waals surface area contributed by atoms with Crippen LogP contribution in [0.15, 0.2) is 127 Å². The van der Waals surface area contributed by atoms with Crippen LogP contribution in [0.4, 0.5) is 0 Å². The van der Waals surface area contributed by atoms with Gasteiger partial charge in [0.15, 0.2) is 0 Å². The Hall–Kier alpha value is -4.69. The Kier molecular flexibility index (Phi) is 2.59. The largest absolute Gasteiger partial charge is 0.295 e. The van der Waals surface area contributed by atoms with Crippen LogP contribution < -0.4 is 0 Å². The predicted molar refractivity (Wildman–Crippen MR) is 152 cm³/mol. The van der Waals surface area contributed by atoms with Gasteiger partial charge >= 0.3 is 0 Å². The van der Waals surface area contributed by atoms with Crippen molar-refractivity contribution in [3.8, 4) is 27.9 Å². The molecule has 0 aliphatic heterocycles. The molecule has 0 bridgehead atoms. The van der Waals surface area contributed by atoms with Crippen LogP contribution >= 0.6 is 0 Å². The number of para-hydroxylation sites is 2. The van der Waals surface area contributed by atoms with Crippen molar-refractivity contribution in [2.24, 2.45) is 0 Å². The van der Waals surface area contributed by atoms with Crippen molar-refractivity contribution in [2.45, 2.75) is 6.85 Å². The van der Waals surface area contributed by atoms with E-state index in [1.807, 2.05) is 0 Å². The zero-order chi connectivity index (χ0) is 35.3. The van der Waals surface area contributed by atoms with E-state index in [0.29, 0.717) is 38.3 Å². The molecule has 6 aromatic carbocycles. The normalized spacial score (nSPS) is 16.9. The Morgan fingerprint density at radius 2 is 1.31 bits per heavy atom. The summed E-state index contributed by atoms with van der Waals surface area (Å²) in [6.45, 7) is -2.66. The quantitative estimate of drug-likeness (QED) is 0.234. The van der Waals surface area contributed by atoms with E-state index in [-0.39, 0.29) is 28.1 Å². The van der Waals surface area contributed by atoms with Crippen molar-refractivity contribution in [2.75, 3.05) is 0 Å². The van der Waals surface area contributed by atoms with Crippen LogP contribution in [0.2, 0.25) is 0 Å². The highest BCUT2D eigenvalue weighted by molar-refractivity contribution is 6.19. The molecule has 170 valence electrons. The average molecular weight is 474 g/mol. The lowest BCUT2D eigenvalue weighted by atomic mass is 9.88. The fourth-order valence-electron chi connectivity index (χ4n) is 4.84. The number of nitrogens with zero attached hydrogens (tertiary/aromatic N) is 2. The molecule has 1 aromatic heterocycles. The number of aromatic nitrogens is 2. The third kappa shape index (κ3) is 3.15. The SMILES string of the molecule is [2H]c1c([2H])c([2H])c(-c2ccc3c(-n4c(C([2H])([2H])[2H])nc5ccccc54)c4ccccc4c(-c4c([2H])c([2H])c([2H])c([2H])c4[2H])c3c2)c([2H])c1[2H]. The Morgan fingerprint density at radius 3 is 2.08 bits per heavy atom. The molecule has 0 saturated carbocycles. The first-order chi connectivity index (χ1) is 23.1. The van der Waals surface area contributed by atoms with E-state index in [1.54, 1.807) is 71.3 Å². The van der Waals surface area contributed by atoms with E-state index in [0.717, 1.165) is 0 Å². The van der Waals surface area contributed by atoms with Gasteiger partial charge in [-0.1, -0.05) is 109 Å². The summed E-state index contributed by atoms with van der Waals surface area (Å²) in [5, 5.41) is 1.63. The van der Waals surface area contributed by atoms with E-state index in [2.05, 4.69) is 4.98 Å². The second-order valence-electron chi connectivity index (χ2n) is 8.29. The molecular weight excluding hydrogens is 436 g/mol. The first-order valence-electron chi connectivity index (χ1n) is 17.8. The van der Waals surface area contributed by atoms with Crippen LogP contribution in [0.1, 0.15) is 23.6 Å². The van der Waals surface area contributed by atoms with Gasteiger partial charge in [-0.3, -0.25) is 4.57 Å². The summed E-state index contributed by atoms with van der Waals surface area (Å²) in [5.74, 6) is -0.217. The maximum Gasteiger partial charge on any atom is 0.111 e. The Bertz CT molecular complexity index is 2490. The zero-order valence-electron chi connectivity index (χ0n) is 31.7. The first-order valence-corrected chi connectivity index (χ1v) is 11.3. The molecule has 2 nitrogen and oxygen atoms in total. The number of benzene rings is 6. The second kappa shape index (κ2) is 8.21. The Balaban J connectivity index is 1.76. The maximum atomic E-state index is 8.91. The molecule has 7 rings (SSSR count). The summed E-state index contributed by atoms with van der Waals surface area (Å²) in [6, 6.07) is 13.5. The lowest BCUT2D eigenvalue weighted by Gasteiger charge is -2.20. The molecule has 0 unspecified atom stereocenters. The van der Waals surface area contributed by atoms with E-state index in [4.69, 9.17) is 17.8 Å². The highest BCUT2D eigenvalue weighted by Crippen LogP contribution is 2.43. The summed E-state index contributed by atoms with van der Waals surface area (Å²) in [6.07, 6.45) is 0. The summed E-state index contributed by atoms with van der Waals surface area (Å²) in [7, 11) is 0. The number of imidazole rings is 1. The molecular formula is C34H24N2. The standard InChI is InChI=1S/C34H24N2/c1-23-35-31-18-10-11-19-32(31)36(23)34-28-17-9-8-16-27(28)33(25-14-6-3-7-15-25)30-22-26(20-21-29(30)34)24-12-4-2-5-13-24/h2-22H,1H3/i1D3,2D,3D,4D,5D,6D,7D,12D,13D,14D,15D.